The van der Waals surface area contributed by atoms with E-state index in [4.69, 9.17) is 20.1 Å². The Kier molecular flexibility index (Phi) is 8.14. The average molecular weight is 532 g/mol. The van der Waals surface area contributed by atoms with Gasteiger partial charge in [0.05, 0.1) is 12.2 Å². The van der Waals surface area contributed by atoms with Crippen LogP contribution in [0, 0.1) is 11.3 Å². The van der Waals surface area contributed by atoms with Crippen LogP contribution in [0.5, 0.6) is 0 Å². The predicted octanol–water partition coefficient (Wildman–Crippen LogP) is 5.45. The Bertz CT molecular complexity index is 1340. The molecule has 1 aromatic carbocycles. The number of nitrogens with one attached hydrogen (secondary N) is 3. The third kappa shape index (κ3) is 5.49. The van der Waals surface area contributed by atoms with E-state index in [1.807, 2.05) is 24.0 Å². The smallest absolute Gasteiger partial charge is 0.164 e. The van der Waals surface area contributed by atoms with Gasteiger partial charge in [-0.3, -0.25) is 0 Å². The Balaban J connectivity index is 1.42. The Hall–Kier alpha value is -3.17. The summed E-state index contributed by atoms with van der Waals surface area (Å²) in [5, 5.41) is 17.3. The average Bonchev–Trinajstić information content (AvgIpc) is 3.34. The number of fused-ring (bicyclic) bond motifs is 1. The van der Waals surface area contributed by atoms with E-state index in [-0.39, 0.29) is 6.04 Å². The van der Waals surface area contributed by atoms with Crippen LogP contribution in [-0.4, -0.2) is 66.0 Å². The van der Waals surface area contributed by atoms with Crippen molar-refractivity contribution in [1.82, 2.24) is 20.3 Å². The lowest BCUT2D eigenvalue weighted by atomic mass is 9.93. The second kappa shape index (κ2) is 11.7. The van der Waals surface area contributed by atoms with Crippen LogP contribution in [0.25, 0.3) is 16.3 Å². The van der Waals surface area contributed by atoms with Crippen molar-refractivity contribution in [1.29, 1.82) is 5.41 Å². The van der Waals surface area contributed by atoms with Crippen molar-refractivity contribution in [3.05, 3.63) is 53.7 Å². The summed E-state index contributed by atoms with van der Waals surface area (Å²) in [6.45, 7) is 7.31. The van der Waals surface area contributed by atoms with Crippen molar-refractivity contribution in [2.24, 2.45) is 5.92 Å². The number of hydrogen-bond donors (Lipinski definition) is 3. The molecule has 2 fully saturated rings. The summed E-state index contributed by atoms with van der Waals surface area (Å²) in [7, 11) is 1.71. The summed E-state index contributed by atoms with van der Waals surface area (Å²) in [6, 6.07) is 8.76. The molecule has 1 unspecified atom stereocenters. The van der Waals surface area contributed by atoms with E-state index in [9.17, 15) is 0 Å². The first-order valence-electron chi connectivity index (χ1n) is 13.3. The first-order valence-corrected chi connectivity index (χ1v) is 14.7. The van der Waals surface area contributed by atoms with Gasteiger partial charge in [-0.05, 0) is 59.9 Å². The highest BCUT2D eigenvalue weighted by Crippen LogP contribution is 2.37. The minimum Gasteiger partial charge on any atom is -0.383 e. The second-order valence-electron chi connectivity index (χ2n) is 10.4. The Morgan fingerprint density at radius 2 is 2.08 bits per heavy atom. The van der Waals surface area contributed by atoms with Crippen molar-refractivity contribution in [3.8, 4) is 0 Å². The molecule has 38 heavy (non-hydrogen) atoms. The molecule has 2 aliphatic rings. The molecule has 2 aromatic heterocycles. The number of anilines is 3. The van der Waals surface area contributed by atoms with E-state index in [1.165, 1.54) is 34.0 Å². The summed E-state index contributed by atoms with van der Waals surface area (Å²) in [5.74, 6) is 4.29. The fraction of sp³-hybridized carbons (Fsp3) is 0.448. The van der Waals surface area contributed by atoms with Crippen LogP contribution in [0.1, 0.15) is 44.0 Å². The third-order valence-corrected chi connectivity index (χ3v) is 8.15. The normalized spacial score (nSPS) is 19.0. The van der Waals surface area contributed by atoms with Crippen molar-refractivity contribution in [3.63, 3.8) is 0 Å². The third-order valence-electron chi connectivity index (χ3n) is 7.35. The minimum absolute atomic E-state index is 0.251. The zero-order valence-corrected chi connectivity index (χ0v) is 23.4. The molecule has 0 bridgehead atoms. The van der Waals surface area contributed by atoms with Gasteiger partial charge in [0.15, 0.2) is 5.82 Å². The van der Waals surface area contributed by atoms with Gasteiger partial charge in [0.25, 0.3) is 0 Å². The summed E-state index contributed by atoms with van der Waals surface area (Å²) >= 11 is 1.93. The number of aromatic nitrogens is 3. The molecule has 0 saturated carbocycles. The van der Waals surface area contributed by atoms with Gasteiger partial charge in [0, 0.05) is 67.5 Å². The summed E-state index contributed by atoms with van der Waals surface area (Å²) in [6.07, 6.45) is 9.05. The van der Waals surface area contributed by atoms with Crippen molar-refractivity contribution in [2.45, 2.75) is 38.6 Å². The number of rotatable bonds is 10. The maximum absolute atomic E-state index is 8.01. The zero-order chi connectivity index (χ0) is 26.6. The van der Waals surface area contributed by atoms with Gasteiger partial charge < -0.3 is 25.7 Å². The van der Waals surface area contributed by atoms with Gasteiger partial charge in [-0.1, -0.05) is 19.9 Å². The molecule has 0 radical (unpaired) electrons. The molecule has 1 atom stereocenters. The molecule has 3 aromatic rings. The lowest BCUT2D eigenvalue weighted by Crippen LogP contribution is -2.48. The molecule has 2 saturated heterocycles. The van der Waals surface area contributed by atoms with Crippen LogP contribution in [0.3, 0.4) is 0 Å². The molecule has 200 valence electrons. The predicted molar refractivity (Wildman–Crippen MR) is 159 cm³/mol. The summed E-state index contributed by atoms with van der Waals surface area (Å²) in [5.41, 5.74) is 4.28. The molecule has 0 spiro atoms. The molecule has 4 heterocycles. The van der Waals surface area contributed by atoms with Gasteiger partial charge in [-0.2, -0.15) is 11.8 Å². The number of ether oxygens (including phenoxy) is 1. The SMILES string of the molecule is COCC1CC/C(=C(/C=N)c2nccc(Nc3cc4c(C(C)C)ccc(N5CC(CSC)C5)c4cn3)n2)N1. The number of hydrogen-bond acceptors (Lipinski definition) is 9. The summed E-state index contributed by atoms with van der Waals surface area (Å²) in [4.78, 5) is 16.4. The zero-order valence-electron chi connectivity index (χ0n) is 22.6. The topological polar surface area (TPSA) is 99.0 Å². The number of benzene rings is 1. The molecular weight excluding hydrogens is 494 g/mol. The van der Waals surface area contributed by atoms with Gasteiger partial charge in [-0.15, -0.1) is 0 Å². The highest BCUT2D eigenvalue weighted by Gasteiger charge is 2.28. The van der Waals surface area contributed by atoms with E-state index in [0.29, 0.717) is 29.7 Å². The summed E-state index contributed by atoms with van der Waals surface area (Å²) < 4.78 is 5.28. The molecule has 5 rings (SSSR count). The monoisotopic (exact) mass is 531 g/mol. The second-order valence-corrected chi connectivity index (χ2v) is 11.3. The Labute approximate surface area is 229 Å². The number of thioether (sulfide) groups is 1. The van der Waals surface area contributed by atoms with Crippen LogP contribution in [0.15, 0.2) is 42.4 Å². The van der Waals surface area contributed by atoms with Gasteiger partial charge in [0.2, 0.25) is 0 Å². The molecular formula is C29H37N7OS. The fourth-order valence-corrected chi connectivity index (χ4v) is 6.11. The maximum Gasteiger partial charge on any atom is 0.164 e. The van der Waals surface area contributed by atoms with Crippen molar-refractivity contribution in [2.75, 3.05) is 49.0 Å². The molecule has 3 N–H and O–H groups in total. The van der Waals surface area contributed by atoms with Gasteiger partial charge in [0.1, 0.15) is 11.6 Å². The molecule has 9 heteroatoms. The number of pyridine rings is 1. The Morgan fingerprint density at radius 3 is 2.82 bits per heavy atom. The first-order chi connectivity index (χ1) is 18.5. The largest absolute Gasteiger partial charge is 0.383 e. The van der Waals surface area contributed by atoms with Crippen molar-refractivity contribution < 1.29 is 4.74 Å². The molecule has 0 amide bonds. The highest BCUT2D eigenvalue weighted by atomic mass is 32.2. The number of nitrogens with zero attached hydrogens (tertiary/aromatic N) is 4. The van der Waals surface area contributed by atoms with E-state index in [1.54, 1.807) is 13.3 Å². The van der Waals surface area contributed by atoms with Crippen LogP contribution in [0.2, 0.25) is 0 Å². The van der Waals surface area contributed by atoms with E-state index in [0.717, 1.165) is 43.4 Å². The van der Waals surface area contributed by atoms with Crippen LogP contribution in [0.4, 0.5) is 17.3 Å². The van der Waals surface area contributed by atoms with Crippen LogP contribution >= 0.6 is 11.8 Å². The molecule has 8 nitrogen and oxygen atoms in total. The highest BCUT2D eigenvalue weighted by molar-refractivity contribution is 7.98. The lowest BCUT2D eigenvalue weighted by Gasteiger charge is -2.41. The van der Waals surface area contributed by atoms with Gasteiger partial charge >= 0.3 is 0 Å². The molecule has 0 aliphatic carbocycles. The van der Waals surface area contributed by atoms with Crippen LogP contribution < -0.4 is 15.5 Å². The molecule has 2 aliphatic heterocycles. The quantitative estimate of drug-likeness (QED) is 0.297. The Morgan fingerprint density at radius 1 is 1.24 bits per heavy atom. The van der Waals surface area contributed by atoms with E-state index in [2.05, 4.69) is 58.8 Å². The maximum atomic E-state index is 8.01. The van der Waals surface area contributed by atoms with Crippen molar-refractivity contribution >= 4 is 51.6 Å². The first kappa shape index (κ1) is 26.4. The van der Waals surface area contributed by atoms with E-state index < -0.39 is 0 Å². The standard InChI is InChI=1S/C29H37N7OS/c1-18(2)21-6-8-26(36-14-19(15-36)17-38-4)24-13-32-28(11-22(21)24)34-27-9-10-31-29(35-27)23(12-30)25-7-5-20(33-25)16-37-3/h6,8-13,18-20,30,33H,5,7,14-17H2,1-4H3,(H,31,32,34,35)/b25-23+,30-12?. The fourth-order valence-electron chi connectivity index (χ4n) is 5.43. The lowest BCUT2D eigenvalue weighted by molar-refractivity contribution is 0.174. The van der Waals surface area contributed by atoms with E-state index >= 15 is 0 Å². The number of allylic oxidation sites excluding steroid dienone is 2. The van der Waals surface area contributed by atoms with Crippen LogP contribution in [-0.2, 0) is 4.74 Å². The number of methoxy groups -OCH3 is 1. The van der Waals surface area contributed by atoms with Gasteiger partial charge in [-0.25, -0.2) is 15.0 Å². The minimum atomic E-state index is 0.251.